The second-order valence-corrected chi connectivity index (χ2v) is 11.3. The number of nitrogens with one attached hydrogen (secondary N) is 2. The van der Waals surface area contributed by atoms with Crippen LogP contribution >= 0.6 is 11.8 Å². The number of hydrogen-bond donors (Lipinski definition) is 3. The lowest BCUT2D eigenvalue weighted by Crippen LogP contribution is -2.49. The Morgan fingerprint density at radius 1 is 1.05 bits per heavy atom. The average molecular weight is 591 g/mol. The topological polar surface area (TPSA) is 106 Å². The van der Waals surface area contributed by atoms with E-state index in [2.05, 4.69) is 25.6 Å². The van der Waals surface area contributed by atoms with Crippen LogP contribution in [-0.4, -0.2) is 33.1 Å². The molecule has 5 rings (SSSR count). The molecule has 0 radical (unpaired) electrons. The number of alkyl halides is 3. The highest BCUT2D eigenvalue weighted by Gasteiger charge is 2.44. The average Bonchev–Trinajstić information content (AvgIpc) is 2.97. The summed E-state index contributed by atoms with van der Waals surface area (Å²) in [4.78, 5) is 28.2. The minimum atomic E-state index is -4.62. The molecule has 0 fully saturated rings. The predicted molar refractivity (Wildman–Crippen MR) is 160 cm³/mol. The molecule has 2 heterocycles. The molecule has 2 aromatic carbocycles. The van der Waals surface area contributed by atoms with E-state index in [4.69, 9.17) is 5.73 Å². The first-order chi connectivity index (χ1) is 20.1. The number of carbonyl (C=O) groups is 1. The number of rotatable bonds is 8. The summed E-state index contributed by atoms with van der Waals surface area (Å²) in [7, 11) is 0. The van der Waals surface area contributed by atoms with Gasteiger partial charge in [-0.1, -0.05) is 49.9 Å². The van der Waals surface area contributed by atoms with E-state index in [1.54, 1.807) is 36.4 Å². The van der Waals surface area contributed by atoms with E-state index in [0.29, 0.717) is 28.2 Å². The van der Waals surface area contributed by atoms with Gasteiger partial charge in [0.25, 0.3) is 5.91 Å². The molecule has 0 saturated heterocycles. The molecule has 1 unspecified atom stereocenters. The number of carbonyl (C=O) groups excluding carboxylic acids is 1. The van der Waals surface area contributed by atoms with E-state index in [1.165, 1.54) is 36.3 Å². The van der Waals surface area contributed by atoms with Crippen molar-refractivity contribution in [1.82, 2.24) is 20.3 Å². The van der Waals surface area contributed by atoms with Crippen molar-refractivity contribution in [1.29, 1.82) is 0 Å². The molecule has 0 spiro atoms. The SMILES string of the molecule is CC(C)c1ccc2c(Nc3cc(C(=O)N[C@H](C4C=CC=CC4)C(F)(F)F)ccc3Sc3ccc(N)cc3)ncnc2n1. The number of anilines is 3. The van der Waals surface area contributed by atoms with Gasteiger partial charge in [-0.15, -0.1) is 0 Å². The minimum Gasteiger partial charge on any atom is -0.399 e. The van der Waals surface area contributed by atoms with Crippen LogP contribution < -0.4 is 16.4 Å². The monoisotopic (exact) mass is 590 g/mol. The molecule has 216 valence electrons. The van der Waals surface area contributed by atoms with E-state index in [0.717, 1.165) is 15.5 Å². The summed E-state index contributed by atoms with van der Waals surface area (Å²) in [6.07, 6.45) is 3.34. The van der Waals surface area contributed by atoms with Crippen molar-refractivity contribution in [3.63, 3.8) is 0 Å². The number of amides is 1. The van der Waals surface area contributed by atoms with Crippen molar-refractivity contribution in [3.8, 4) is 0 Å². The van der Waals surface area contributed by atoms with Crippen molar-refractivity contribution < 1.29 is 18.0 Å². The maximum atomic E-state index is 14.0. The summed E-state index contributed by atoms with van der Waals surface area (Å²) in [6.45, 7) is 4.08. The molecule has 2 aromatic heterocycles. The number of nitrogens with zero attached hydrogens (tertiary/aromatic N) is 3. The van der Waals surface area contributed by atoms with Gasteiger partial charge in [0, 0.05) is 32.7 Å². The van der Waals surface area contributed by atoms with Crippen LogP contribution in [0.4, 0.5) is 30.4 Å². The molecule has 1 aliphatic rings. The molecule has 42 heavy (non-hydrogen) atoms. The van der Waals surface area contributed by atoms with Crippen LogP contribution in [0.15, 0.2) is 95.0 Å². The summed E-state index contributed by atoms with van der Waals surface area (Å²) in [5.41, 5.74) is 8.40. The van der Waals surface area contributed by atoms with Gasteiger partial charge < -0.3 is 16.4 Å². The molecule has 1 amide bonds. The predicted octanol–water partition coefficient (Wildman–Crippen LogP) is 7.42. The third kappa shape index (κ3) is 6.73. The molecular formula is C31H29F3N6OS. The number of halogens is 3. The van der Waals surface area contributed by atoms with Crippen LogP contribution in [0.2, 0.25) is 0 Å². The highest BCUT2D eigenvalue weighted by atomic mass is 32.2. The molecule has 0 aliphatic heterocycles. The maximum absolute atomic E-state index is 14.0. The minimum absolute atomic E-state index is 0.0716. The zero-order chi connectivity index (χ0) is 29.9. The number of nitrogen functional groups attached to an aromatic ring is 1. The largest absolute Gasteiger partial charge is 0.409 e. The zero-order valence-electron chi connectivity index (χ0n) is 22.9. The number of allylic oxidation sites excluding steroid dienone is 3. The Morgan fingerprint density at radius 2 is 1.83 bits per heavy atom. The van der Waals surface area contributed by atoms with Gasteiger partial charge in [0.15, 0.2) is 5.65 Å². The normalized spacial score (nSPS) is 15.6. The lowest BCUT2D eigenvalue weighted by molar-refractivity contribution is -0.161. The van der Waals surface area contributed by atoms with Crippen LogP contribution in [0, 0.1) is 5.92 Å². The Morgan fingerprint density at radius 3 is 2.52 bits per heavy atom. The Hall–Kier alpha value is -4.38. The van der Waals surface area contributed by atoms with E-state index < -0.39 is 24.0 Å². The summed E-state index contributed by atoms with van der Waals surface area (Å²) in [5.74, 6) is -1.07. The van der Waals surface area contributed by atoms with Gasteiger partial charge in [0.1, 0.15) is 18.2 Å². The van der Waals surface area contributed by atoms with Gasteiger partial charge in [-0.05, 0) is 66.9 Å². The highest BCUT2D eigenvalue weighted by Crippen LogP contribution is 2.37. The van der Waals surface area contributed by atoms with Gasteiger partial charge in [-0.3, -0.25) is 4.79 Å². The summed E-state index contributed by atoms with van der Waals surface area (Å²) < 4.78 is 42.0. The fraction of sp³-hybridized carbons (Fsp3) is 0.226. The van der Waals surface area contributed by atoms with E-state index >= 15 is 0 Å². The number of benzene rings is 2. The van der Waals surface area contributed by atoms with Crippen molar-refractivity contribution in [2.45, 2.75) is 48.2 Å². The summed E-state index contributed by atoms with van der Waals surface area (Å²) >= 11 is 1.41. The van der Waals surface area contributed by atoms with Gasteiger partial charge in [-0.2, -0.15) is 13.2 Å². The number of nitrogens with two attached hydrogens (primary N) is 1. The van der Waals surface area contributed by atoms with Crippen molar-refractivity contribution in [3.05, 3.63) is 96.5 Å². The van der Waals surface area contributed by atoms with Crippen molar-refractivity contribution >= 4 is 45.9 Å². The highest BCUT2D eigenvalue weighted by molar-refractivity contribution is 7.99. The summed E-state index contributed by atoms with van der Waals surface area (Å²) in [5, 5.41) is 6.16. The first-order valence-electron chi connectivity index (χ1n) is 13.4. The third-order valence-electron chi connectivity index (χ3n) is 6.79. The number of hydrogen-bond acceptors (Lipinski definition) is 7. The van der Waals surface area contributed by atoms with Crippen LogP contribution in [0.5, 0.6) is 0 Å². The number of fused-ring (bicyclic) bond motifs is 1. The lowest BCUT2D eigenvalue weighted by Gasteiger charge is -2.28. The van der Waals surface area contributed by atoms with E-state index in [1.807, 2.05) is 38.1 Å². The molecule has 0 bridgehead atoms. The zero-order valence-corrected chi connectivity index (χ0v) is 23.7. The first-order valence-corrected chi connectivity index (χ1v) is 14.2. The van der Waals surface area contributed by atoms with E-state index in [-0.39, 0.29) is 17.9 Å². The standard InChI is InChI=1S/C31H29F3N6OS/c1-18(2)24-14-13-23-28(38-24)36-17-37-29(23)39-25-16-20(8-15-26(25)42-22-11-9-21(35)10-12-22)30(41)40-27(31(32,33)34)19-6-4-3-5-7-19/h3-6,8-19,27H,7,35H2,1-2H3,(H,40,41)(H,36,37,38,39)/t19?,27-/m1/s1. The summed E-state index contributed by atoms with van der Waals surface area (Å²) in [6, 6.07) is 13.8. The molecule has 4 aromatic rings. The Labute approximate surface area is 245 Å². The fourth-order valence-corrected chi connectivity index (χ4v) is 5.41. The van der Waals surface area contributed by atoms with Crippen LogP contribution in [-0.2, 0) is 0 Å². The number of aromatic nitrogens is 3. The van der Waals surface area contributed by atoms with Crippen molar-refractivity contribution in [2.24, 2.45) is 5.92 Å². The van der Waals surface area contributed by atoms with Crippen LogP contribution in [0.3, 0.4) is 0 Å². The van der Waals surface area contributed by atoms with E-state index in [9.17, 15) is 18.0 Å². The molecule has 11 heteroatoms. The lowest BCUT2D eigenvalue weighted by atomic mass is 9.92. The van der Waals surface area contributed by atoms with Gasteiger partial charge in [0.2, 0.25) is 0 Å². The molecule has 2 atom stereocenters. The Balaban J connectivity index is 1.50. The molecule has 7 nitrogen and oxygen atoms in total. The number of pyridine rings is 1. The Kier molecular flexibility index (Phi) is 8.49. The molecule has 1 aliphatic carbocycles. The second kappa shape index (κ2) is 12.2. The third-order valence-corrected chi connectivity index (χ3v) is 7.88. The molecular weight excluding hydrogens is 561 g/mol. The Bertz CT molecular complexity index is 1650. The molecule has 0 saturated carbocycles. The molecule has 4 N–H and O–H groups in total. The fourth-order valence-electron chi connectivity index (χ4n) is 4.53. The van der Waals surface area contributed by atoms with Crippen molar-refractivity contribution in [2.75, 3.05) is 11.1 Å². The quantitative estimate of drug-likeness (QED) is 0.183. The smallest absolute Gasteiger partial charge is 0.399 e. The maximum Gasteiger partial charge on any atom is 0.409 e. The first kappa shape index (κ1) is 29.1. The van der Waals surface area contributed by atoms with Gasteiger partial charge in [0.05, 0.1) is 11.1 Å². The second-order valence-electron chi connectivity index (χ2n) is 10.2. The van der Waals surface area contributed by atoms with Crippen LogP contribution in [0.25, 0.3) is 11.0 Å². The van der Waals surface area contributed by atoms with Gasteiger partial charge >= 0.3 is 6.18 Å². The van der Waals surface area contributed by atoms with Gasteiger partial charge in [-0.25, -0.2) is 15.0 Å². The van der Waals surface area contributed by atoms with Crippen LogP contribution in [0.1, 0.15) is 42.2 Å².